The molecular formula is C31H56NO10P. The maximum atomic E-state index is 12.0. The summed E-state index contributed by atoms with van der Waals surface area (Å²) in [7, 11) is -4.73. The summed E-state index contributed by atoms with van der Waals surface area (Å²) in [6, 6.07) is -1.54. The molecule has 250 valence electrons. The van der Waals surface area contributed by atoms with Crippen molar-refractivity contribution < 1.29 is 47.8 Å². The molecule has 0 bridgehead atoms. The van der Waals surface area contributed by atoms with E-state index in [-0.39, 0.29) is 12.8 Å². The minimum Gasteiger partial charge on any atom is -0.480 e. The minimum atomic E-state index is -4.73. The van der Waals surface area contributed by atoms with Crippen LogP contribution in [0.5, 0.6) is 0 Å². The van der Waals surface area contributed by atoms with Gasteiger partial charge in [0.05, 0.1) is 13.2 Å². The van der Waals surface area contributed by atoms with Crippen molar-refractivity contribution in [1.29, 1.82) is 0 Å². The number of aliphatic hydroxyl groups excluding tert-OH is 1. The van der Waals surface area contributed by atoms with Gasteiger partial charge in [-0.1, -0.05) is 89.5 Å². The number of unbranched alkanes of at least 4 members (excludes halogenated alkanes) is 11. The monoisotopic (exact) mass is 633 g/mol. The van der Waals surface area contributed by atoms with Gasteiger partial charge in [0.2, 0.25) is 5.91 Å². The van der Waals surface area contributed by atoms with Crippen LogP contribution in [0.2, 0.25) is 0 Å². The van der Waals surface area contributed by atoms with Crippen LogP contribution in [0.1, 0.15) is 123 Å². The van der Waals surface area contributed by atoms with Gasteiger partial charge in [0.1, 0.15) is 12.7 Å². The number of carbonyl (C=O) groups excluding carboxylic acids is 2. The van der Waals surface area contributed by atoms with E-state index in [1.807, 2.05) is 6.92 Å². The molecule has 0 aromatic heterocycles. The first-order chi connectivity index (χ1) is 20.6. The van der Waals surface area contributed by atoms with Crippen molar-refractivity contribution in [2.75, 3.05) is 19.8 Å². The fraction of sp³-hybridized carbons (Fsp3) is 0.774. The van der Waals surface area contributed by atoms with E-state index in [4.69, 9.17) is 4.74 Å². The van der Waals surface area contributed by atoms with Crippen molar-refractivity contribution in [3.63, 3.8) is 0 Å². The van der Waals surface area contributed by atoms with Crippen molar-refractivity contribution in [1.82, 2.24) is 5.32 Å². The van der Waals surface area contributed by atoms with Gasteiger partial charge in [0.15, 0.2) is 6.04 Å². The van der Waals surface area contributed by atoms with E-state index in [0.29, 0.717) is 12.8 Å². The van der Waals surface area contributed by atoms with Crippen molar-refractivity contribution in [3.8, 4) is 0 Å². The molecule has 4 N–H and O–H groups in total. The quantitative estimate of drug-likeness (QED) is 0.0314. The largest absolute Gasteiger partial charge is 0.480 e. The van der Waals surface area contributed by atoms with Gasteiger partial charge in [0, 0.05) is 12.8 Å². The summed E-state index contributed by atoms with van der Waals surface area (Å²) in [5.41, 5.74) is 0. The summed E-state index contributed by atoms with van der Waals surface area (Å²) < 4.78 is 26.4. The highest BCUT2D eigenvalue weighted by Gasteiger charge is 2.28. The highest BCUT2D eigenvalue weighted by Crippen LogP contribution is 2.43. The fourth-order valence-electron chi connectivity index (χ4n) is 3.93. The Kier molecular flexibility index (Phi) is 26.2. The molecule has 3 unspecified atom stereocenters. The number of phosphoric acid groups is 1. The van der Waals surface area contributed by atoms with Crippen LogP contribution in [-0.4, -0.2) is 64.9 Å². The predicted molar refractivity (Wildman–Crippen MR) is 166 cm³/mol. The van der Waals surface area contributed by atoms with Gasteiger partial charge in [0.25, 0.3) is 0 Å². The van der Waals surface area contributed by atoms with E-state index in [2.05, 4.69) is 45.6 Å². The summed E-state index contributed by atoms with van der Waals surface area (Å²) in [5, 5.41) is 21.4. The molecule has 0 aromatic rings. The van der Waals surface area contributed by atoms with E-state index < -0.39 is 57.6 Å². The molecule has 0 rings (SSSR count). The van der Waals surface area contributed by atoms with Crippen LogP contribution < -0.4 is 5.32 Å². The number of ether oxygens (including phenoxy) is 1. The molecule has 11 nitrogen and oxygen atoms in total. The van der Waals surface area contributed by atoms with Gasteiger partial charge >= 0.3 is 19.8 Å². The summed E-state index contributed by atoms with van der Waals surface area (Å²) in [4.78, 5) is 44.8. The summed E-state index contributed by atoms with van der Waals surface area (Å²) in [6.45, 7) is 2.28. The van der Waals surface area contributed by atoms with Crippen molar-refractivity contribution in [2.24, 2.45) is 0 Å². The van der Waals surface area contributed by atoms with Crippen LogP contribution in [0.15, 0.2) is 24.3 Å². The van der Waals surface area contributed by atoms with E-state index >= 15 is 0 Å². The Labute approximate surface area is 258 Å². The molecule has 0 heterocycles. The second-order valence-corrected chi connectivity index (χ2v) is 12.1. The average Bonchev–Trinajstić information content (AvgIpc) is 2.97. The third-order valence-corrected chi connectivity index (χ3v) is 7.44. The van der Waals surface area contributed by atoms with E-state index in [1.165, 1.54) is 32.1 Å². The van der Waals surface area contributed by atoms with E-state index in [9.17, 15) is 34.1 Å². The maximum absolute atomic E-state index is 12.0. The lowest BCUT2D eigenvalue weighted by atomic mass is 10.1. The van der Waals surface area contributed by atoms with Crippen LogP contribution in [0.3, 0.4) is 0 Å². The second-order valence-electron chi connectivity index (χ2n) is 10.6. The van der Waals surface area contributed by atoms with Gasteiger partial charge in [-0.25, -0.2) is 9.36 Å². The number of nitrogens with one attached hydrogen (secondary N) is 1. The average molecular weight is 634 g/mol. The van der Waals surface area contributed by atoms with Gasteiger partial charge in [-0.05, 0) is 44.9 Å². The second kappa shape index (κ2) is 27.5. The zero-order valence-electron chi connectivity index (χ0n) is 26.3. The molecule has 43 heavy (non-hydrogen) atoms. The Hall–Kier alpha value is -2.04. The number of aliphatic hydroxyl groups is 1. The SMILES string of the molecule is CCCCCC/C=C\C/C=C\CCCCCCCC(=O)OCC(O)COP(=O)(O)OCC(NC(=O)CCCCC)C(=O)O. The van der Waals surface area contributed by atoms with Crippen molar-refractivity contribution in [2.45, 2.75) is 135 Å². The Balaban J connectivity index is 3.92. The lowest BCUT2D eigenvalue weighted by Gasteiger charge is -2.18. The molecular weight excluding hydrogens is 577 g/mol. The lowest BCUT2D eigenvalue weighted by Crippen LogP contribution is -2.43. The maximum Gasteiger partial charge on any atom is 0.472 e. The first-order valence-corrected chi connectivity index (χ1v) is 17.4. The number of amides is 1. The topological polar surface area (TPSA) is 169 Å². The Morgan fingerprint density at radius 2 is 1.28 bits per heavy atom. The number of carbonyl (C=O) groups is 3. The molecule has 0 aliphatic rings. The number of rotatable bonds is 29. The number of carboxylic acid groups (broad SMARTS) is 1. The highest BCUT2D eigenvalue weighted by molar-refractivity contribution is 7.47. The summed E-state index contributed by atoms with van der Waals surface area (Å²) >= 11 is 0. The molecule has 0 aromatic carbocycles. The normalized spacial score (nSPS) is 14.5. The number of hydrogen-bond acceptors (Lipinski definition) is 8. The van der Waals surface area contributed by atoms with Crippen LogP contribution in [-0.2, 0) is 32.7 Å². The van der Waals surface area contributed by atoms with Crippen molar-refractivity contribution in [3.05, 3.63) is 24.3 Å². The van der Waals surface area contributed by atoms with Crippen LogP contribution >= 0.6 is 7.82 Å². The number of aliphatic carboxylic acids is 1. The molecule has 0 saturated heterocycles. The van der Waals surface area contributed by atoms with Gasteiger partial charge < -0.3 is 25.2 Å². The fourth-order valence-corrected chi connectivity index (χ4v) is 4.70. The molecule has 0 saturated carbocycles. The molecule has 0 radical (unpaired) electrons. The first-order valence-electron chi connectivity index (χ1n) is 15.9. The van der Waals surface area contributed by atoms with Gasteiger partial charge in [-0.15, -0.1) is 0 Å². The molecule has 1 amide bonds. The molecule has 12 heteroatoms. The third-order valence-electron chi connectivity index (χ3n) is 6.49. The molecule has 0 spiro atoms. The Morgan fingerprint density at radius 1 is 0.744 bits per heavy atom. The highest BCUT2D eigenvalue weighted by atomic mass is 31.2. The summed E-state index contributed by atoms with van der Waals surface area (Å²) in [6.07, 6.45) is 23.3. The van der Waals surface area contributed by atoms with Crippen LogP contribution in [0, 0.1) is 0 Å². The van der Waals surface area contributed by atoms with Crippen molar-refractivity contribution >= 4 is 25.7 Å². The first kappa shape index (κ1) is 41.0. The summed E-state index contributed by atoms with van der Waals surface area (Å²) in [5.74, 6) is -2.43. The molecule has 3 atom stereocenters. The number of allylic oxidation sites excluding steroid dienone is 4. The van der Waals surface area contributed by atoms with Crippen LogP contribution in [0.4, 0.5) is 0 Å². The minimum absolute atomic E-state index is 0.130. The number of hydrogen-bond donors (Lipinski definition) is 4. The lowest BCUT2D eigenvalue weighted by molar-refractivity contribution is -0.147. The molecule has 0 fully saturated rings. The predicted octanol–water partition coefficient (Wildman–Crippen LogP) is 6.38. The smallest absolute Gasteiger partial charge is 0.472 e. The number of carboxylic acids is 1. The number of esters is 1. The zero-order valence-corrected chi connectivity index (χ0v) is 27.1. The van der Waals surface area contributed by atoms with E-state index in [1.54, 1.807) is 0 Å². The molecule has 0 aliphatic carbocycles. The van der Waals surface area contributed by atoms with E-state index in [0.717, 1.165) is 51.4 Å². The third kappa shape index (κ3) is 27.3. The Bertz CT molecular complexity index is 848. The number of phosphoric ester groups is 1. The zero-order chi connectivity index (χ0) is 32.2. The van der Waals surface area contributed by atoms with Crippen LogP contribution in [0.25, 0.3) is 0 Å². The van der Waals surface area contributed by atoms with Gasteiger partial charge in [-0.2, -0.15) is 0 Å². The van der Waals surface area contributed by atoms with Gasteiger partial charge in [-0.3, -0.25) is 18.6 Å². The standard InChI is InChI=1S/C31H56NO10P/c1-3-5-7-8-9-10-11-12-13-14-15-16-17-18-19-21-23-30(35)40-24-27(33)25-41-43(38,39)42-26-28(31(36)37)32-29(34)22-20-6-4-2/h10-11,13-14,27-28,33H,3-9,12,15-26H2,1-2H3,(H,32,34)(H,36,37)(H,38,39)/b11-10-,14-13-. The Morgan fingerprint density at radius 3 is 1.91 bits per heavy atom. The molecule has 0 aliphatic heterocycles.